The summed E-state index contributed by atoms with van der Waals surface area (Å²) in [5.41, 5.74) is 0.752. The van der Waals surface area contributed by atoms with Crippen molar-refractivity contribution in [2.75, 3.05) is 11.9 Å². The van der Waals surface area contributed by atoms with Gasteiger partial charge in [-0.15, -0.1) is 0 Å². The number of carbonyl (C=O) groups excluding carboxylic acids is 1. The SMILES string of the molecule is O=C(Nc1cccnc1)C1CCC(CO)CC1. The minimum Gasteiger partial charge on any atom is -0.396 e. The molecule has 0 saturated heterocycles. The van der Waals surface area contributed by atoms with Gasteiger partial charge < -0.3 is 10.4 Å². The Labute approximate surface area is 101 Å². The zero-order valence-corrected chi connectivity index (χ0v) is 9.80. The van der Waals surface area contributed by atoms with Crippen LogP contribution in [0.2, 0.25) is 0 Å². The number of anilines is 1. The summed E-state index contributed by atoms with van der Waals surface area (Å²) in [6.07, 6.45) is 6.97. The summed E-state index contributed by atoms with van der Waals surface area (Å²) in [5, 5.41) is 11.9. The van der Waals surface area contributed by atoms with Crippen LogP contribution in [0.25, 0.3) is 0 Å². The average molecular weight is 234 g/mol. The Bertz CT molecular complexity index is 359. The van der Waals surface area contributed by atoms with Crippen molar-refractivity contribution < 1.29 is 9.90 Å². The van der Waals surface area contributed by atoms with Crippen LogP contribution in [0.3, 0.4) is 0 Å². The van der Waals surface area contributed by atoms with Crippen LogP contribution in [0.1, 0.15) is 25.7 Å². The number of aliphatic hydroxyl groups excluding tert-OH is 1. The lowest BCUT2D eigenvalue weighted by Crippen LogP contribution is -2.28. The lowest BCUT2D eigenvalue weighted by atomic mass is 9.82. The van der Waals surface area contributed by atoms with Gasteiger partial charge in [0.25, 0.3) is 0 Å². The molecular weight excluding hydrogens is 216 g/mol. The molecule has 2 N–H and O–H groups in total. The van der Waals surface area contributed by atoms with Crippen LogP contribution in [-0.2, 0) is 4.79 Å². The molecule has 92 valence electrons. The van der Waals surface area contributed by atoms with Crippen LogP contribution in [-0.4, -0.2) is 22.6 Å². The third-order valence-corrected chi connectivity index (χ3v) is 3.40. The summed E-state index contributed by atoms with van der Waals surface area (Å²) in [6, 6.07) is 3.64. The second-order valence-corrected chi connectivity index (χ2v) is 4.63. The van der Waals surface area contributed by atoms with Crippen molar-refractivity contribution in [2.24, 2.45) is 11.8 Å². The second-order valence-electron chi connectivity index (χ2n) is 4.63. The van der Waals surface area contributed by atoms with Gasteiger partial charge in [-0.1, -0.05) is 0 Å². The molecule has 1 heterocycles. The number of amides is 1. The molecule has 0 aromatic carbocycles. The first-order chi connectivity index (χ1) is 8.29. The number of hydrogen-bond donors (Lipinski definition) is 2. The van der Waals surface area contributed by atoms with Gasteiger partial charge in [0.15, 0.2) is 0 Å². The van der Waals surface area contributed by atoms with Gasteiger partial charge in [-0.2, -0.15) is 0 Å². The van der Waals surface area contributed by atoms with Crippen LogP contribution in [0.15, 0.2) is 24.5 Å². The van der Waals surface area contributed by atoms with E-state index in [-0.39, 0.29) is 18.4 Å². The molecule has 2 rings (SSSR count). The quantitative estimate of drug-likeness (QED) is 0.838. The van der Waals surface area contributed by atoms with Gasteiger partial charge in [-0.05, 0) is 43.7 Å². The van der Waals surface area contributed by atoms with E-state index in [0.29, 0.717) is 5.92 Å². The normalized spacial score (nSPS) is 24.3. The van der Waals surface area contributed by atoms with Gasteiger partial charge in [0.2, 0.25) is 5.91 Å². The molecule has 1 aromatic rings. The molecule has 0 spiro atoms. The van der Waals surface area contributed by atoms with Crippen molar-refractivity contribution in [3.63, 3.8) is 0 Å². The van der Waals surface area contributed by atoms with E-state index in [1.54, 1.807) is 18.5 Å². The molecule has 0 atom stereocenters. The summed E-state index contributed by atoms with van der Waals surface area (Å²) in [7, 11) is 0. The van der Waals surface area contributed by atoms with Gasteiger partial charge in [-0.3, -0.25) is 9.78 Å². The van der Waals surface area contributed by atoms with E-state index in [9.17, 15) is 4.79 Å². The summed E-state index contributed by atoms with van der Waals surface area (Å²) in [5.74, 6) is 0.546. The van der Waals surface area contributed by atoms with Gasteiger partial charge in [0.1, 0.15) is 0 Å². The Hall–Kier alpha value is -1.42. The van der Waals surface area contributed by atoms with E-state index in [4.69, 9.17) is 5.11 Å². The molecule has 0 unspecified atom stereocenters. The Morgan fingerprint density at radius 2 is 2.18 bits per heavy atom. The first-order valence-electron chi connectivity index (χ1n) is 6.11. The minimum absolute atomic E-state index is 0.0781. The Morgan fingerprint density at radius 3 is 2.76 bits per heavy atom. The number of nitrogens with zero attached hydrogens (tertiary/aromatic N) is 1. The van der Waals surface area contributed by atoms with Crippen molar-refractivity contribution in [3.8, 4) is 0 Å². The van der Waals surface area contributed by atoms with Crippen LogP contribution in [0.5, 0.6) is 0 Å². The monoisotopic (exact) mass is 234 g/mol. The average Bonchev–Trinajstić information content (AvgIpc) is 2.40. The number of aliphatic hydroxyl groups is 1. The molecule has 0 bridgehead atoms. The molecule has 17 heavy (non-hydrogen) atoms. The summed E-state index contributed by atoms with van der Waals surface area (Å²) in [4.78, 5) is 15.9. The molecule has 1 aromatic heterocycles. The Kier molecular flexibility index (Phi) is 4.09. The number of carbonyl (C=O) groups is 1. The maximum atomic E-state index is 12.0. The number of aromatic nitrogens is 1. The van der Waals surface area contributed by atoms with Crippen LogP contribution in [0, 0.1) is 11.8 Å². The molecule has 1 aliphatic carbocycles. The zero-order valence-electron chi connectivity index (χ0n) is 9.80. The van der Waals surface area contributed by atoms with E-state index in [1.165, 1.54) is 0 Å². The largest absolute Gasteiger partial charge is 0.396 e. The van der Waals surface area contributed by atoms with Gasteiger partial charge in [-0.25, -0.2) is 0 Å². The van der Waals surface area contributed by atoms with Crippen LogP contribution >= 0.6 is 0 Å². The third-order valence-electron chi connectivity index (χ3n) is 3.40. The standard InChI is InChI=1S/C13H18N2O2/c16-9-10-3-5-11(6-4-10)13(17)15-12-2-1-7-14-8-12/h1-2,7-8,10-11,16H,3-6,9H2,(H,15,17). The first-order valence-corrected chi connectivity index (χ1v) is 6.11. The Morgan fingerprint density at radius 1 is 1.41 bits per heavy atom. The molecular formula is C13H18N2O2. The van der Waals surface area contributed by atoms with Gasteiger partial charge in [0.05, 0.1) is 11.9 Å². The predicted molar refractivity (Wildman–Crippen MR) is 65.4 cm³/mol. The second kappa shape index (κ2) is 5.77. The fourth-order valence-electron chi connectivity index (χ4n) is 2.29. The van der Waals surface area contributed by atoms with Crippen molar-refractivity contribution in [1.82, 2.24) is 4.98 Å². The number of pyridine rings is 1. The summed E-state index contributed by atoms with van der Waals surface area (Å²) in [6.45, 7) is 0.247. The van der Waals surface area contributed by atoms with Crippen molar-refractivity contribution >= 4 is 11.6 Å². The topological polar surface area (TPSA) is 62.2 Å². The number of hydrogen-bond acceptors (Lipinski definition) is 3. The van der Waals surface area contributed by atoms with Crippen molar-refractivity contribution in [2.45, 2.75) is 25.7 Å². The third kappa shape index (κ3) is 3.27. The van der Waals surface area contributed by atoms with Crippen LogP contribution < -0.4 is 5.32 Å². The first kappa shape index (κ1) is 12.0. The molecule has 1 amide bonds. The minimum atomic E-state index is 0.0781. The lowest BCUT2D eigenvalue weighted by Gasteiger charge is -2.26. The molecule has 0 aliphatic heterocycles. The molecule has 0 radical (unpaired) electrons. The molecule has 1 aliphatic rings. The fraction of sp³-hybridized carbons (Fsp3) is 0.538. The Balaban J connectivity index is 1.85. The van der Waals surface area contributed by atoms with E-state index in [1.807, 2.05) is 6.07 Å². The smallest absolute Gasteiger partial charge is 0.227 e. The van der Waals surface area contributed by atoms with Crippen molar-refractivity contribution in [3.05, 3.63) is 24.5 Å². The van der Waals surface area contributed by atoms with Gasteiger partial charge >= 0.3 is 0 Å². The van der Waals surface area contributed by atoms with E-state index in [0.717, 1.165) is 31.4 Å². The highest BCUT2D eigenvalue weighted by Crippen LogP contribution is 2.29. The molecule has 4 nitrogen and oxygen atoms in total. The predicted octanol–water partition coefficient (Wildman–Crippen LogP) is 1.82. The highest BCUT2D eigenvalue weighted by molar-refractivity contribution is 5.92. The molecule has 1 fully saturated rings. The van der Waals surface area contributed by atoms with E-state index >= 15 is 0 Å². The highest BCUT2D eigenvalue weighted by atomic mass is 16.3. The summed E-state index contributed by atoms with van der Waals surface area (Å²) >= 11 is 0. The maximum Gasteiger partial charge on any atom is 0.227 e. The zero-order chi connectivity index (χ0) is 12.1. The molecule has 1 saturated carbocycles. The summed E-state index contributed by atoms with van der Waals surface area (Å²) < 4.78 is 0. The molecule has 4 heteroatoms. The number of nitrogens with one attached hydrogen (secondary N) is 1. The lowest BCUT2D eigenvalue weighted by molar-refractivity contribution is -0.121. The fourth-order valence-corrected chi connectivity index (χ4v) is 2.29. The van der Waals surface area contributed by atoms with E-state index < -0.39 is 0 Å². The van der Waals surface area contributed by atoms with Gasteiger partial charge in [0, 0.05) is 18.7 Å². The maximum absolute atomic E-state index is 12.0. The van der Waals surface area contributed by atoms with Crippen LogP contribution in [0.4, 0.5) is 5.69 Å². The number of rotatable bonds is 3. The highest BCUT2D eigenvalue weighted by Gasteiger charge is 2.25. The van der Waals surface area contributed by atoms with E-state index in [2.05, 4.69) is 10.3 Å². The van der Waals surface area contributed by atoms with Crippen molar-refractivity contribution in [1.29, 1.82) is 0 Å².